The van der Waals surface area contributed by atoms with Gasteiger partial charge in [0.25, 0.3) is 0 Å². The van der Waals surface area contributed by atoms with E-state index in [1.165, 1.54) is 0 Å². The smallest absolute Gasteiger partial charge is 0.435 e. The molecular formula is C20H13ClF3N3O. The third kappa shape index (κ3) is 3.53. The van der Waals surface area contributed by atoms with Crippen LogP contribution in [0.4, 0.5) is 13.2 Å². The normalized spacial score (nSPS) is 11.7. The highest BCUT2D eigenvalue weighted by molar-refractivity contribution is 6.32. The monoisotopic (exact) mass is 403 g/mol. The Hall–Kier alpha value is -3.06. The minimum absolute atomic E-state index is 0.115. The molecule has 0 saturated carbocycles. The van der Waals surface area contributed by atoms with Gasteiger partial charge in [0.1, 0.15) is 12.4 Å². The lowest BCUT2D eigenvalue weighted by Crippen LogP contribution is -2.08. The Balaban J connectivity index is 1.72. The SMILES string of the molecule is FC(F)(F)c1cc(COc2cccc3cnccc23)n(-c2ccccc2Cl)n1. The maximum Gasteiger partial charge on any atom is 0.435 e. The molecule has 4 aromatic rings. The van der Waals surface area contributed by atoms with Crippen molar-refractivity contribution in [2.45, 2.75) is 12.8 Å². The number of benzene rings is 2. The zero-order valence-corrected chi connectivity index (χ0v) is 15.1. The molecule has 0 aliphatic rings. The summed E-state index contributed by atoms with van der Waals surface area (Å²) in [5, 5.41) is 5.68. The van der Waals surface area contributed by atoms with E-state index in [1.807, 2.05) is 6.07 Å². The highest BCUT2D eigenvalue weighted by Crippen LogP contribution is 2.32. The Labute approximate surface area is 163 Å². The first-order valence-corrected chi connectivity index (χ1v) is 8.68. The molecule has 28 heavy (non-hydrogen) atoms. The highest BCUT2D eigenvalue weighted by Gasteiger charge is 2.35. The molecule has 2 aromatic heterocycles. The Bertz CT molecular complexity index is 1140. The van der Waals surface area contributed by atoms with Gasteiger partial charge in [0, 0.05) is 23.2 Å². The Morgan fingerprint density at radius 2 is 1.86 bits per heavy atom. The predicted octanol–water partition coefficient (Wildman–Crippen LogP) is 5.67. The van der Waals surface area contributed by atoms with Crippen LogP contribution < -0.4 is 4.74 Å². The van der Waals surface area contributed by atoms with Gasteiger partial charge in [-0.2, -0.15) is 18.3 Å². The topological polar surface area (TPSA) is 39.9 Å². The predicted molar refractivity (Wildman–Crippen MR) is 99.7 cm³/mol. The summed E-state index contributed by atoms with van der Waals surface area (Å²) < 4.78 is 46.6. The molecule has 0 aliphatic carbocycles. The van der Waals surface area contributed by atoms with E-state index in [0.29, 0.717) is 11.4 Å². The van der Waals surface area contributed by atoms with Gasteiger partial charge in [0.15, 0.2) is 5.69 Å². The molecule has 0 N–H and O–H groups in total. The first-order chi connectivity index (χ1) is 13.4. The molecular weight excluding hydrogens is 391 g/mol. The average molecular weight is 404 g/mol. The van der Waals surface area contributed by atoms with Gasteiger partial charge in [-0.3, -0.25) is 4.98 Å². The van der Waals surface area contributed by atoms with Crippen LogP contribution in [-0.4, -0.2) is 14.8 Å². The lowest BCUT2D eigenvalue weighted by Gasteiger charge is -2.12. The van der Waals surface area contributed by atoms with Crippen LogP contribution in [0.5, 0.6) is 5.75 Å². The third-order valence-electron chi connectivity index (χ3n) is 4.17. The number of rotatable bonds is 4. The summed E-state index contributed by atoms with van der Waals surface area (Å²) in [7, 11) is 0. The van der Waals surface area contributed by atoms with Crippen molar-refractivity contribution in [1.29, 1.82) is 0 Å². The van der Waals surface area contributed by atoms with Crippen molar-refractivity contribution in [3.63, 3.8) is 0 Å². The van der Waals surface area contributed by atoms with Crippen molar-refractivity contribution in [2.75, 3.05) is 0 Å². The van der Waals surface area contributed by atoms with Crippen molar-refractivity contribution in [1.82, 2.24) is 14.8 Å². The number of alkyl halides is 3. The van der Waals surface area contributed by atoms with Crippen LogP contribution in [0.25, 0.3) is 16.5 Å². The fourth-order valence-electron chi connectivity index (χ4n) is 2.86. The van der Waals surface area contributed by atoms with Crippen LogP contribution in [-0.2, 0) is 12.8 Å². The number of halogens is 4. The number of hydrogen-bond acceptors (Lipinski definition) is 3. The van der Waals surface area contributed by atoms with Crippen LogP contribution in [0.1, 0.15) is 11.4 Å². The highest BCUT2D eigenvalue weighted by atomic mass is 35.5. The molecule has 2 aromatic carbocycles. The van der Waals surface area contributed by atoms with E-state index in [0.717, 1.165) is 21.5 Å². The molecule has 8 heteroatoms. The summed E-state index contributed by atoms with van der Waals surface area (Å²) in [4.78, 5) is 4.06. The second-order valence-electron chi connectivity index (χ2n) is 6.02. The molecule has 0 spiro atoms. The van der Waals surface area contributed by atoms with Gasteiger partial charge in [-0.15, -0.1) is 0 Å². The summed E-state index contributed by atoms with van der Waals surface area (Å²) in [6, 6.07) is 14.8. The van der Waals surface area contributed by atoms with Crippen LogP contribution in [0, 0.1) is 0 Å². The molecule has 0 unspecified atom stereocenters. The molecule has 0 atom stereocenters. The summed E-state index contributed by atoms with van der Waals surface area (Å²) in [6.07, 6.45) is -1.25. The van der Waals surface area contributed by atoms with Gasteiger partial charge in [-0.05, 0) is 30.3 Å². The molecule has 4 rings (SSSR count). The fraction of sp³-hybridized carbons (Fsp3) is 0.100. The van der Waals surface area contributed by atoms with Crippen molar-refractivity contribution < 1.29 is 17.9 Å². The van der Waals surface area contributed by atoms with E-state index in [4.69, 9.17) is 16.3 Å². The molecule has 0 aliphatic heterocycles. The molecule has 0 saturated heterocycles. The standard InChI is InChI=1S/C20H13ClF3N3O/c21-16-5-1-2-6-17(16)27-14(10-19(26-27)20(22,23)24)12-28-18-7-3-4-13-11-25-9-8-15(13)18/h1-11H,12H2. The molecule has 0 fully saturated rings. The van der Waals surface area contributed by atoms with Crippen molar-refractivity contribution in [3.05, 3.63) is 83.4 Å². The first kappa shape index (κ1) is 18.3. The number of para-hydroxylation sites is 1. The van der Waals surface area contributed by atoms with Gasteiger partial charge in [0.2, 0.25) is 0 Å². The third-order valence-corrected chi connectivity index (χ3v) is 4.49. The van der Waals surface area contributed by atoms with E-state index in [-0.39, 0.29) is 17.3 Å². The number of fused-ring (bicyclic) bond motifs is 1. The fourth-order valence-corrected chi connectivity index (χ4v) is 3.08. The summed E-state index contributed by atoms with van der Waals surface area (Å²) >= 11 is 6.16. The van der Waals surface area contributed by atoms with Gasteiger partial charge in [-0.1, -0.05) is 35.9 Å². The van der Waals surface area contributed by atoms with Crippen molar-refractivity contribution >= 4 is 22.4 Å². The van der Waals surface area contributed by atoms with E-state index >= 15 is 0 Å². The maximum atomic E-state index is 13.2. The quantitative estimate of drug-likeness (QED) is 0.440. The Morgan fingerprint density at radius 1 is 1.04 bits per heavy atom. The minimum Gasteiger partial charge on any atom is -0.487 e. The second kappa shape index (κ2) is 7.16. The Kier molecular flexibility index (Phi) is 4.68. The van der Waals surface area contributed by atoms with E-state index in [1.54, 1.807) is 54.9 Å². The van der Waals surface area contributed by atoms with E-state index in [2.05, 4.69) is 10.1 Å². The summed E-state index contributed by atoms with van der Waals surface area (Å²) in [5.74, 6) is 0.542. The van der Waals surface area contributed by atoms with Gasteiger partial charge in [0.05, 0.1) is 16.4 Å². The number of pyridine rings is 1. The summed E-state index contributed by atoms with van der Waals surface area (Å²) in [6.45, 7) is -0.115. The molecule has 2 heterocycles. The van der Waals surface area contributed by atoms with Crippen LogP contribution in [0.3, 0.4) is 0 Å². The lowest BCUT2D eigenvalue weighted by atomic mass is 10.1. The summed E-state index contributed by atoms with van der Waals surface area (Å²) in [5.41, 5.74) is -0.431. The van der Waals surface area contributed by atoms with Crippen LogP contribution in [0.2, 0.25) is 5.02 Å². The molecule has 0 amide bonds. The Morgan fingerprint density at radius 3 is 2.64 bits per heavy atom. The van der Waals surface area contributed by atoms with E-state index in [9.17, 15) is 13.2 Å². The second-order valence-corrected chi connectivity index (χ2v) is 6.43. The van der Waals surface area contributed by atoms with Crippen molar-refractivity contribution in [3.8, 4) is 11.4 Å². The largest absolute Gasteiger partial charge is 0.487 e. The van der Waals surface area contributed by atoms with Gasteiger partial charge >= 0.3 is 6.18 Å². The molecule has 4 nitrogen and oxygen atoms in total. The first-order valence-electron chi connectivity index (χ1n) is 8.30. The lowest BCUT2D eigenvalue weighted by molar-refractivity contribution is -0.141. The maximum absolute atomic E-state index is 13.2. The van der Waals surface area contributed by atoms with Crippen LogP contribution in [0.15, 0.2) is 67.0 Å². The van der Waals surface area contributed by atoms with Crippen LogP contribution >= 0.6 is 11.6 Å². The molecule has 142 valence electrons. The zero-order chi connectivity index (χ0) is 19.7. The van der Waals surface area contributed by atoms with E-state index < -0.39 is 11.9 Å². The number of hydrogen-bond donors (Lipinski definition) is 0. The molecule has 0 radical (unpaired) electrons. The van der Waals surface area contributed by atoms with Crippen molar-refractivity contribution in [2.24, 2.45) is 0 Å². The average Bonchev–Trinajstić information content (AvgIpc) is 3.11. The number of aromatic nitrogens is 3. The molecule has 0 bridgehead atoms. The van der Waals surface area contributed by atoms with Gasteiger partial charge < -0.3 is 4.74 Å². The van der Waals surface area contributed by atoms with Gasteiger partial charge in [-0.25, -0.2) is 4.68 Å². The zero-order valence-electron chi connectivity index (χ0n) is 14.3. The minimum atomic E-state index is -4.58. The number of ether oxygens (including phenoxy) is 1. The number of nitrogens with zero attached hydrogens (tertiary/aromatic N) is 3.